The van der Waals surface area contributed by atoms with Gasteiger partial charge >= 0.3 is 0 Å². The van der Waals surface area contributed by atoms with E-state index >= 15 is 0 Å². The van der Waals surface area contributed by atoms with Gasteiger partial charge in [-0.2, -0.15) is 4.39 Å². The van der Waals surface area contributed by atoms with Crippen molar-refractivity contribution in [2.75, 3.05) is 0 Å². The number of hydrogen-bond acceptors (Lipinski definition) is 2. The molecule has 1 N–H and O–H groups in total. The molecule has 0 amide bonds. The molecule has 0 aliphatic heterocycles. The molecule has 2 rings (SSSR count). The summed E-state index contributed by atoms with van der Waals surface area (Å²) in [7, 11) is 0. The second-order valence-electron chi connectivity index (χ2n) is 4.94. The smallest absolute Gasteiger partial charge is 0.201 e. The van der Waals surface area contributed by atoms with E-state index in [4.69, 9.17) is 4.74 Å². The fraction of sp³-hybridized carbons (Fsp3) is 0.250. The summed E-state index contributed by atoms with van der Waals surface area (Å²) in [6.07, 6.45) is 0. The Morgan fingerprint density at radius 3 is 2.52 bits per heavy atom. The van der Waals surface area contributed by atoms with Gasteiger partial charge in [-0.3, -0.25) is 0 Å². The molecule has 0 aliphatic carbocycles. The molecule has 0 radical (unpaired) electrons. The topological polar surface area (TPSA) is 21.3 Å². The van der Waals surface area contributed by atoms with Gasteiger partial charge in [-0.25, -0.2) is 8.78 Å². The first kappa shape index (κ1) is 15.4. The Balaban J connectivity index is 2.28. The molecule has 0 fully saturated rings. The highest BCUT2D eigenvalue weighted by atomic mass is 19.2. The van der Waals surface area contributed by atoms with Crippen molar-refractivity contribution in [2.24, 2.45) is 0 Å². The highest BCUT2D eigenvalue weighted by molar-refractivity contribution is 5.39. The summed E-state index contributed by atoms with van der Waals surface area (Å²) in [5.74, 6) is -2.41. The van der Waals surface area contributed by atoms with Crippen molar-refractivity contribution in [3.8, 4) is 11.5 Å². The largest absolute Gasteiger partial charge is 0.454 e. The summed E-state index contributed by atoms with van der Waals surface area (Å²) in [6.45, 7) is 4.26. The highest BCUT2D eigenvalue weighted by Crippen LogP contribution is 2.29. The van der Waals surface area contributed by atoms with Crippen LogP contribution in [0.2, 0.25) is 0 Å². The molecule has 112 valence electrons. The Kier molecular flexibility index (Phi) is 4.85. The molecular formula is C16H16F3NO. The maximum atomic E-state index is 13.6. The molecular weight excluding hydrogens is 279 g/mol. The minimum Gasteiger partial charge on any atom is -0.454 e. The second-order valence-corrected chi connectivity index (χ2v) is 4.94. The highest BCUT2D eigenvalue weighted by Gasteiger charge is 2.13. The van der Waals surface area contributed by atoms with E-state index < -0.39 is 17.5 Å². The predicted octanol–water partition coefficient (Wildman–Crippen LogP) is 4.39. The molecule has 0 bridgehead atoms. The van der Waals surface area contributed by atoms with Gasteiger partial charge in [0.05, 0.1) is 0 Å². The third-order valence-electron chi connectivity index (χ3n) is 2.86. The summed E-state index contributed by atoms with van der Waals surface area (Å²) in [5.41, 5.74) is 0.535. The van der Waals surface area contributed by atoms with Gasteiger partial charge in [-0.1, -0.05) is 19.9 Å². The average molecular weight is 295 g/mol. The first-order valence-electron chi connectivity index (χ1n) is 6.61. The van der Waals surface area contributed by atoms with E-state index in [2.05, 4.69) is 5.32 Å². The van der Waals surface area contributed by atoms with E-state index in [1.54, 1.807) is 0 Å². The number of halogens is 3. The maximum absolute atomic E-state index is 13.6. The molecule has 2 nitrogen and oxygen atoms in total. The zero-order valence-electron chi connectivity index (χ0n) is 11.8. The number of nitrogens with one attached hydrogen (secondary N) is 1. The van der Waals surface area contributed by atoms with Crippen LogP contribution in [0.3, 0.4) is 0 Å². The van der Waals surface area contributed by atoms with Crippen molar-refractivity contribution in [1.82, 2.24) is 5.32 Å². The molecule has 5 heteroatoms. The predicted molar refractivity (Wildman–Crippen MR) is 74.8 cm³/mol. The van der Waals surface area contributed by atoms with E-state index in [1.807, 2.05) is 13.8 Å². The molecule has 21 heavy (non-hydrogen) atoms. The molecule has 0 atom stereocenters. The summed E-state index contributed by atoms with van der Waals surface area (Å²) < 4.78 is 45.5. The lowest BCUT2D eigenvalue weighted by Gasteiger charge is -2.14. The number of ether oxygens (including phenoxy) is 1. The van der Waals surface area contributed by atoms with Crippen LogP contribution < -0.4 is 10.1 Å². The van der Waals surface area contributed by atoms with E-state index in [9.17, 15) is 13.2 Å². The molecule has 0 unspecified atom stereocenters. The number of rotatable bonds is 5. The molecule has 2 aromatic carbocycles. The van der Waals surface area contributed by atoms with Crippen LogP contribution >= 0.6 is 0 Å². The van der Waals surface area contributed by atoms with Crippen LogP contribution in [0.25, 0.3) is 0 Å². The van der Waals surface area contributed by atoms with Crippen LogP contribution in [0.1, 0.15) is 19.4 Å². The molecule has 0 heterocycles. The van der Waals surface area contributed by atoms with E-state index in [0.717, 1.165) is 6.07 Å². The molecule has 0 spiro atoms. The zero-order valence-corrected chi connectivity index (χ0v) is 11.8. The Labute approximate surface area is 121 Å². The fourth-order valence-electron chi connectivity index (χ4n) is 1.78. The SMILES string of the molecule is CC(C)NCc1cc(F)ccc1Oc1cccc(F)c1F. The Bertz CT molecular complexity index is 629. The van der Waals surface area contributed by atoms with Gasteiger partial charge in [0.25, 0.3) is 0 Å². The Morgan fingerprint density at radius 2 is 1.81 bits per heavy atom. The summed E-state index contributed by atoms with van der Waals surface area (Å²) >= 11 is 0. The first-order chi connectivity index (χ1) is 9.97. The molecule has 2 aromatic rings. The van der Waals surface area contributed by atoms with Crippen molar-refractivity contribution in [1.29, 1.82) is 0 Å². The molecule has 0 saturated carbocycles. The maximum Gasteiger partial charge on any atom is 0.201 e. The van der Waals surface area contributed by atoms with Crippen LogP contribution in [-0.4, -0.2) is 6.04 Å². The van der Waals surface area contributed by atoms with Crippen molar-refractivity contribution in [2.45, 2.75) is 26.4 Å². The minimum absolute atomic E-state index is 0.201. The van der Waals surface area contributed by atoms with Gasteiger partial charge in [-0.15, -0.1) is 0 Å². The fourth-order valence-corrected chi connectivity index (χ4v) is 1.78. The van der Waals surface area contributed by atoms with Crippen LogP contribution in [0.4, 0.5) is 13.2 Å². The first-order valence-corrected chi connectivity index (χ1v) is 6.61. The van der Waals surface area contributed by atoms with Crippen LogP contribution in [-0.2, 0) is 6.54 Å². The van der Waals surface area contributed by atoms with Crippen molar-refractivity contribution >= 4 is 0 Å². The van der Waals surface area contributed by atoms with E-state index in [-0.39, 0.29) is 17.5 Å². The van der Waals surface area contributed by atoms with Gasteiger partial charge in [0, 0.05) is 18.2 Å². The third-order valence-corrected chi connectivity index (χ3v) is 2.86. The third kappa shape index (κ3) is 3.98. The normalized spacial score (nSPS) is 11.0. The standard InChI is InChI=1S/C16H16F3NO/c1-10(2)20-9-11-8-12(17)6-7-14(11)21-15-5-3-4-13(18)16(15)19/h3-8,10,20H,9H2,1-2H3. The van der Waals surface area contributed by atoms with E-state index in [0.29, 0.717) is 12.1 Å². The average Bonchev–Trinajstić information content (AvgIpc) is 2.43. The van der Waals surface area contributed by atoms with Gasteiger partial charge in [0.2, 0.25) is 5.82 Å². The number of hydrogen-bond donors (Lipinski definition) is 1. The van der Waals surface area contributed by atoms with Crippen molar-refractivity contribution in [3.63, 3.8) is 0 Å². The van der Waals surface area contributed by atoms with Crippen LogP contribution in [0.15, 0.2) is 36.4 Å². The Morgan fingerprint density at radius 1 is 1.05 bits per heavy atom. The monoisotopic (exact) mass is 295 g/mol. The van der Waals surface area contributed by atoms with Gasteiger partial charge in [0.15, 0.2) is 11.6 Å². The second kappa shape index (κ2) is 6.63. The van der Waals surface area contributed by atoms with Gasteiger partial charge < -0.3 is 10.1 Å². The quantitative estimate of drug-likeness (QED) is 0.883. The summed E-state index contributed by atoms with van der Waals surface area (Å²) in [5, 5.41) is 3.13. The van der Waals surface area contributed by atoms with Crippen molar-refractivity contribution in [3.05, 3.63) is 59.4 Å². The lowest BCUT2D eigenvalue weighted by Crippen LogP contribution is -2.22. The van der Waals surface area contributed by atoms with Crippen LogP contribution in [0, 0.1) is 17.5 Å². The van der Waals surface area contributed by atoms with Gasteiger partial charge in [0.1, 0.15) is 11.6 Å². The van der Waals surface area contributed by atoms with Crippen LogP contribution in [0.5, 0.6) is 11.5 Å². The summed E-state index contributed by atoms with van der Waals surface area (Å²) in [6, 6.07) is 7.80. The van der Waals surface area contributed by atoms with Crippen molar-refractivity contribution < 1.29 is 17.9 Å². The zero-order chi connectivity index (χ0) is 15.4. The molecule has 0 aliphatic rings. The van der Waals surface area contributed by atoms with Gasteiger partial charge in [-0.05, 0) is 30.3 Å². The minimum atomic E-state index is -1.07. The number of benzene rings is 2. The van der Waals surface area contributed by atoms with E-state index in [1.165, 1.54) is 30.3 Å². The lowest BCUT2D eigenvalue weighted by atomic mass is 10.2. The molecule has 0 aromatic heterocycles. The Hall–Kier alpha value is -2.01. The lowest BCUT2D eigenvalue weighted by molar-refractivity contribution is 0.410. The summed E-state index contributed by atoms with van der Waals surface area (Å²) in [4.78, 5) is 0. The molecule has 0 saturated heterocycles.